The molecule has 0 saturated carbocycles. The van der Waals surface area contributed by atoms with E-state index < -0.39 is 11.8 Å². The van der Waals surface area contributed by atoms with Gasteiger partial charge < -0.3 is 19.5 Å². The maximum atomic E-state index is 11.4. The summed E-state index contributed by atoms with van der Waals surface area (Å²) >= 11 is 1.63. The lowest BCUT2D eigenvalue weighted by atomic mass is 10.0. The molecule has 3 heterocycles. The van der Waals surface area contributed by atoms with E-state index in [2.05, 4.69) is 17.0 Å². The first-order valence-corrected chi connectivity index (χ1v) is 10.2. The molecule has 3 aliphatic rings. The van der Waals surface area contributed by atoms with Gasteiger partial charge in [0.1, 0.15) is 5.84 Å². The average Bonchev–Trinajstić information content (AvgIpc) is 3.09. The predicted octanol–water partition coefficient (Wildman–Crippen LogP) is 3.77. The maximum Gasteiger partial charge on any atom is 0.335 e. The van der Waals surface area contributed by atoms with Gasteiger partial charge in [-0.25, -0.2) is 9.79 Å². The van der Waals surface area contributed by atoms with Crippen molar-refractivity contribution in [1.29, 1.82) is 0 Å². The van der Waals surface area contributed by atoms with Gasteiger partial charge in [-0.3, -0.25) is 0 Å². The number of likely N-dealkylation sites (tertiary alicyclic amines) is 1. The summed E-state index contributed by atoms with van der Waals surface area (Å²) in [5, 5.41) is 9.37. The number of hydrogen-bond donors (Lipinski definition) is 1. The van der Waals surface area contributed by atoms with Crippen molar-refractivity contribution >= 4 is 29.3 Å². The Morgan fingerprint density at radius 3 is 2.57 bits per heavy atom. The molecule has 0 bridgehead atoms. The van der Waals surface area contributed by atoms with Crippen LogP contribution in [0.4, 0.5) is 5.69 Å². The number of hydrogen-bond acceptors (Lipinski definition) is 6. The molecule has 1 N–H and O–H groups in total. The molecule has 0 amide bonds. The largest absolute Gasteiger partial charge is 0.478 e. The van der Waals surface area contributed by atoms with Gasteiger partial charge in [-0.1, -0.05) is 30.0 Å². The first-order chi connectivity index (χ1) is 13.6. The molecule has 7 heteroatoms. The molecule has 5 rings (SSSR count). The average molecular weight is 396 g/mol. The molecular formula is C21H20N2O4S. The lowest BCUT2D eigenvalue weighted by molar-refractivity contribution is -0.180. The first kappa shape index (κ1) is 17.7. The van der Waals surface area contributed by atoms with Crippen LogP contribution >= 0.6 is 11.8 Å². The molecular weight excluding hydrogens is 376 g/mol. The highest BCUT2D eigenvalue weighted by atomic mass is 32.2. The molecule has 144 valence electrons. The third-order valence-electron chi connectivity index (χ3n) is 5.42. The van der Waals surface area contributed by atoms with Crippen LogP contribution in [0.3, 0.4) is 0 Å². The minimum atomic E-state index is -0.943. The smallest absolute Gasteiger partial charge is 0.335 e. The fourth-order valence-corrected chi connectivity index (χ4v) is 4.94. The molecule has 2 fully saturated rings. The van der Waals surface area contributed by atoms with E-state index in [0.717, 1.165) is 47.1 Å². The van der Waals surface area contributed by atoms with Gasteiger partial charge >= 0.3 is 5.97 Å². The van der Waals surface area contributed by atoms with Crippen LogP contribution in [-0.4, -0.2) is 53.9 Å². The molecule has 0 unspecified atom stereocenters. The topological polar surface area (TPSA) is 71.4 Å². The van der Waals surface area contributed by atoms with Crippen molar-refractivity contribution in [2.75, 3.05) is 26.3 Å². The first-order valence-electron chi connectivity index (χ1n) is 9.40. The zero-order valence-corrected chi connectivity index (χ0v) is 16.1. The lowest BCUT2D eigenvalue weighted by Crippen LogP contribution is -2.47. The number of amidine groups is 1. The molecule has 0 aliphatic carbocycles. The number of rotatable bonds is 1. The standard InChI is InChI=1S/C21H20N2O4S/c24-20(25)14-5-6-18-16(13-14)22-19(15-3-1-2-4-17(15)28-18)23-9-7-21(8-10-23)26-11-12-27-21/h1-6,13H,7-12H2,(H,24,25). The van der Waals surface area contributed by atoms with E-state index in [0.29, 0.717) is 18.9 Å². The molecule has 0 radical (unpaired) electrons. The molecule has 0 aromatic heterocycles. The Morgan fingerprint density at radius 1 is 1.07 bits per heavy atom. The summed E-state index contributed by atoms with van der Waals surface area (Å²) in [4.78, 5) is 20.7. The van der Waals surface area contributed by atoms with Crippen LogP contribution in [0.25, 0.3) is 0 Å². The van der Waals surface area contributed by atoms with Crippen LogP contribution in [0, 0.1) is 0 Å². The fraction of sp³-hybridized carbons (Fsp3) is 0.333. The fourth-order valence-electron chi connectivity index (χ4n) is 3.94. The Labute approximate surface area is 167 Å². The zero-order chi connectivity index (χ0) is 19.1. The van der Waals surface area contributed by atoms with Crippen molar-refractivity contribution in [3.8, 4) is 0 Å². The van der Waals surface area contributed by atoms with E-state index in [1.807, 2.05) is 18.2 Å². The number of aliphatic imine (C=N–C) groups is 1. The quantitative estimate of drug-likeness (QED) is 0.791. The number of aromatic carboxylic acids is 1. The molecule has 2 saturated heterocycles. The van der Waals surface area contributed by atoms with E-state index >= 15 is 0 Å². The predicted molar refractivity (Wildman–Crippen MR) is 106 cm³/mol. The van der Waals surface area contributed by atoms with E-state index in [9.17, 15) is 9.90 Å². The van der Waals surface area contributed by atoms with Gasteiger partial charge in [-0.15, -0.1) is 0 Å². The van der Waals surface area contributed by atoms with Crippen LogP contribution < -0.4 is 0 Å². The van der Waals surface area contributed by atoms with Gasteiger partial charge in [-0.2, -0.15) is 0 Å². The van der Waals surface area contributed by atoms with Gasteiger partial charge in [0.2, 0.25) is 0 Å². The third-order valence-corrected chi connectivity index (χ3v) is 6.56. The Morgan fingerprint density at radius 2 is 1.82 bits per heavy atom. The number of benzene rings is 2. The number of carboxylic acid groups (broad SMARTS) is 1. The van der Waals surface area contributed by atoms with Crippen molar-refractivity contribution in [1.82, 2.24) is 4.90 Å². The van der Waals surface area contributed by atoms with E-state index in [4.69, 9.17) is 14.5 Å². The second-order valence-corrected chi connectivity index (χ2v) is 8.20. The molecule has 1 spiro atoms. The summed E-state index contributed by atoms with van der Waals surface area (Å²) < 4.78 is 11.7. The molecule has 3 aliphatic heterocycles. The highest BCUT2D eigenvalue weighted by Crippen LogP contribution is 2.42. The molecule has 2 aromatic rings. The normalized spacial score (nSPS) is 20.3. The number of carbonyl (C=O) groups is 1. The Bertz CT molecular complexity index is 959. The minimum Gasteiger partial charge on any atom is -0.478 e. The second-order valence-electron chi connectivity index (χ2n) is 7.12. The number of nitrogens with zero attached hydrogens (tertiary/aromatic N) is 2. The van der Waals surface area contributed by atoms with E-state index in [-0.39, 0.29) is 5.56 Å². The van der Waals surface area contributed by atoms with Crippen LogP contribution in [0.2, 0.25) is 0 Å². The summed E-state index contributed by atoms with van der Waals surface area (Å²) in [6.07, 6.45) is 1.59. The van der Waals surface area contributed by atoms with E-state index in [1.54, 1.807) is 23.9 Å². The Hall–Kier alpha value is -2.35. The zero-order valence-electron chi connectivity index (χ0n) is 15.3. The summed E-state index contributed by atoms with van der Waals surface area (Å²) in [5.41, 5.74) is 2.02. The lowest BCUT2D eigenvalue weighted by Gasteiger charge is -2.39. The second kappa shape index (κ2) is 6.92. The molecule has 0 atom stereocenters. The number of fused-ring (bicyclic) bond motifs is 2. The van der Waals surface area contributed by atoms with E-state index in [1.165, 1.54) is 0 Å². The van der Waals surface area contributed by atoms with Crippen molar-refractivity contribution in [3.63, 3.8) is 0 Å². The number of ether oxygens (including phenoxy) is 2. The highest BCUT2D eigenvalue weighted by Gasteiger charge is 2.40. The summed E-state index contributed by atoms with van der Waals surface area (Å²) in [5.74, 6) is -0.497. The van der Waals surface area contributed by atoms with Gasteiger partial charge in [0.15, 0.2) is 5.79 Å². The Balaban J connectivity index is 1.54. The van der Waals surface area contributed by atoms with Crippen LogP contribution in [0.15, 0.2) is 57.2 Å². The summed E-state index contributed by atoms with van der Waals surface area (Å²) in [6.45, 7) is 2.88. The van der Waals surface area contributed by atoms with Crippen molar-refractivity contribution < 1.29 is 19.4 Å². The SMILES string of the molecule is O=C(O)c1ccc2c(c1)N=C(N1CCC3(CC1)OCCO3)c1ccccc1S2. The monoisotopic (exact) mass is 396 g/mol. The summed E-state index contributed by atoms with van der Waals surface area (Å²) in [6, 6.07) is 13.3. The van der Waals surface area contributed by atoms with Gasteiger partial charge in [-0.05, 0) is 24.3 Å². The van der Waals surface area contributed by atoms with Crippen molar-refractivity contribution in [2.45, 2.75) is 28.4 Å². The van der Waals surface area contributed by atoms with Gasteiger partial charge in [0.05, 0.1) is 24.5 Å². The number of carboxylic acids is 1. The minimum absolute atomic E-state index is 0.249. The van der Waals surface area contributed by atoms with Crippen LogP contribution in [0.5, 0.6) is 0 Å². The van der Waals surface area contributed by atoms with Crippen LogP contribution in [-0.2, 0) is 9.47 Å². The highest BCUT2D eigenvalue weighted by molar-refractivity contribution is 7.99. The molecule has 28 heavy (non-hydrogen) atoms. The van der Waals surface area contributed by atoms with Gasteiger partial charge in [0.25, 0.3) is 0 Å². The van der Waals surface area contributed by atoms with Crippen molar-refractivity contribution in [2.24, 2.45) is 4.99 Å². The molecule has 6 nitrogen and oxygen atoms in total. The van der Waals surface area contributed by atoms with Crippen LogP contribution in [0.1, 0.15) is 28.8 Å². The summed E-state index contributed by atoms with van der Waals surface area (Å²) in [7, 11) is 0. The maximum absolute atomic E-state index is 11.4. The van der Waals surface area contributed by atoms with Crippen molar-refractivity contribution in [3.05, 3.63) is 53.6 Å². The number of piperidine rings is 1. The van der Waals surface area contributed by atoms with Gasteiger partial charge in [0, 0.05) is 41.3 Å². The Kier molecular flexibility index (Phi) is 4.38. The molecule has 2 aromatic carbocycles. The third kappa shape index (κ3) is 3.09.